The zero-order valence-electron chi connectivity index (χ0n) is 12.3. The maximum Gasteiger partial charge on any atom is 0.471 e. The van der Waals surface area contributed by atoms with Gasteiger partial charge in [-0.15, -0.1) is 0 Å². The summed E-state index contributed by atoms with van der Waals surface area (Å²) in [7, 11) is 3.94. The van der Waals surface area contributed by atoms with Gasteiger partial charge in [0.1, 0.15) is 0 Å². The predicted molar refractivity (Wildman–Crippen MR) is 76.0 cm³/mol. The van der Waals surface area contributed by atoms with Crippen molar-refractivity contribution in [2.75, 3.05) is 26.0 Å². The number of halogens is 3. The van der Waals surface area contributed by atoms with E-state index in [0.717, 1.165) is 12.1 Å². The second-order valence-electron chi connectivity index (χ2n) is 5.10. The molecule has 2 N–H and O–H groups in total. The second kappa shape index (κ2) is 7.42. The molecule has 0 aromatic heterocycles. The molecule has 1 rings (SSSR count). The minimum Gasteiger partial charge on any atom is -0.318 e. The topological polar surface area (TPSA) is 44.4 Å². The number of anilines is 1. The molecule has 0 saturated carbocycles. The van der Waals surface area contributed by atoms with Gasteiger partial charge >= 0.3 is 12.1 Å². The summed E-state index contributed by atoms with van der Waals surface area (Å²) in [4.78, 5) is 12.9. The molecule has 7 heteroatoms. The van der Waals surface area contributed by atoms with Crippen molar-refractivity contribution in [2.45, 2.75) is 25.7 Å². The molecule has 4 nitrogen and oxygen atoms in total. The Hall–Kier alpha value is -1.60. The molecule has 1 atom stereocenters. The zero-order valence-corrected chi connectivity index (χ0v) is 12.3. The molecule has 0 spiro atoms. The smallest absolute Gasteiger partial charge is 0.318 e. The molecule has 0 aliphatic heterocycles. The van der Waals surface area contributed by atoms with E-state index in [-0.39, 0.29) is 5.69 Å². The first-order valence-corrected chi connectivity index (χ1v) is 6.54. The Morgan fingerprint density at radius 3 is 2.57 bits per heavy atom. The van der Waals surface area contributed by atoms with Gasteiger partial charge in [-0.25, -0.2) is 0 Å². The lowest BCUT2D eigenvalue weighted by Crippen LogP contribution is -2.35. The van der Waals surface area contributed by atoms with Gasteiger partial charge in [-0.1, -0.05) is 12.1 Å². The van der Waals surface area contributed by atoms with E-state index in [1.807, 2.05) is 19.4 Å². The van der Waals surface area contributed by atoms with Gasteiger partial charge in [0.2, 0.25) is 0 Å². The van der Waals surface area contributed by atoms with E-state index < -0.39 is 12.1 Å². The summed E-state index contributed by atoms with van der Waals surface area (Å²) in [5, 5.41) is 5.06. The van der Waals surface area contributed by atoms with Crippen LogP contribution in [0.5, 0.6) is 0 Å². The van der Waals surface area contributed by atoms with Crippen molar-refractivity contribution < 1.29 is 18.0 Å². The number of rotatable bonds is 6. The number of alkyl halides is 3. The van der Waals surface area contributed by atoms with Gasteiger partial charge in [0.15, 0.2) is 0 Å². The molecule has 1 aromatic rings. The van der Waals surface area contributed by atoms with Gasteiger partial charge < -0.3 is 15.5 Å². The number of nitrogens with zero attached hydrogens (tertiary/aromatic N) is 1. The van der Waals surface area contributed by atoms with E-state index in [1.165, 1.54) is 12.1 Å². The van der Waals surface area contributed by atoms with Gasteiger partial charge in [0, 0.05) is 24.8 Å². The Labute approximate surface area is 122 Å². The predicted octanol–water partition coefficient (Wildman–Crippen LogP) is 2.23. The average Bonchev–Trinajstić information content (AvgIpc) is 2.37. The molecule has 21 heavy (non-hydrogen) atoms. The molecule has 0 aliphatic carbocycles. The van der Waals surface area contributed by atoms with E-state index in [9.17, 15) is 18.0 Å². The number of hydrogen-bond donors (Lipinski definition) is 2. The number of hydrogen-bond acceptors (Lipinski definition) is 3. The number of benzene rings is 1. The van der Waals surface area contributed by atoms with Crippen molar-refractivity contribution >= 4 is 11.6 Å². The van der Waals surface area contributed by atoms with Gasteiger partial charge in [-0.3, -0.25) is 4.79 Å². The Morgan fingerprint density at radius 2 is 2.00 bits per heavy atom. The summed E-state index contributed by atoms with van der Waals surface area (Å²) in [6.07, 6.45) is -4.88. The van der Waals surface area contributed by atoms with Crippen LogP contribution in [0.3, 0.4) is 0 Å². The van der Waals surface area contributed by atoms with Crippen LogP contribution in [0, 0.1) is 0 Å². The number of amides is 1. The summed E-state index contributed by atoms with van der Waals surface area (Å²) in [5.41, 5.74) is 0.943. The van der Waals surface area contributed by atoms with Gasteiger partial charge in [0.25, 0.3) is 0 Å². The molecule has 0 heterocycles. The summed E-state index contributed by atoms with van der Waals surface area (Å²) >= 11 is 0. The van der Waals surface area contributed by atoms with Crippen LogP contribution in [-0.4, -0.2) is 43.7 Å². The van der Waals surface area contributed by atoms with E-state index in [4.69, 9.17) is 0 Å². The van der Waals surface area contributed by atoms with Gasteiger partial charge in [0.05, 0.1) is 0 Å². The van der Waals surface area contributed by atoms with Crippen molar-refractivity contribution in [1.29, 1.82) is 0 Å². The lowest BCUT2D eigenvalue weighted by Gasteiger charge is -2.20. The van der Waals surface area contributed by atoms with E-state index in [1.54, 1.807) is 12.1 Å². The fourth-order valence-corrected chi connectivity index (χ4v) is 1.57. The molecule has 0 fully saturated rings. The molecule has 1 unspecified atom stereocenters. The van der Waals surface area contributed by atoms with Crippen molar-refractivity contribution in [2.24, 2.45) is 0 Å². The van der Waals surface area contributed by atoms with Crippen LogP contribution in [0.2, 0.25) is 0 Å². The fraction of sp³-hybridized carbons (Fsp3) is 0.500. The molecule has 0 saturated heterocycles. The minimum absolute atomic E-state index is 0.136. The summed E-state index contributed by atoms with van der Waals surface area (Å²) in [5.74, 6) is -1.96. The molecule has 1 amide bonds. The highest BCUT2D eigenvalue weighted by Gasteiger charge is 2.38. The molecular weight excluding hydrogens is 283 g/mol. The van der Waals surface area contributed by atoms with Gasteiger partial charge in [-0.05, 0) is 38.7 Å². The number of carbonyl (C=O) groups is 1. The molecule has 0 radical (unpaired) electrons. The highest BCUT2D eigenvalue weighted by molar-refractivity contribution is 5.94. The van der Waals surface area contributed by atoms with Crippen molar-refractivity contribution in [1.82, 2.24) is 10.2 Å². The maximum absolute atomic E-state index is 12.2. The normalized spacial score (nSPS) is 13.3. The van der Waals surface area contributed by atoms with E-state index in [2.05, 4.69) is 17.1 Å². The van der Waals surface area contributed by atoms with Crippen molar-refractivity contribution in [3.05, 3.63) is 29.8 Å². The maximum atomic E-state index is 12.2. The minimum atomic E-state index is -4.88. The zero-order chi connectivity index (χ0) is 16.0. The first-order chi connectivity index (χ1) is 9.70. The summed E-state index contributed by atoms with van der Waals surface area (Å²) in [6.45, 7) is 3.34. The fourth-order valence-electron chi connectivity index (χ4n) is 1.57. The number of nitrogens with one attached hydrogen (secondary N) is 2. The highest BCUT2D eigenvalue weighted by atomic mass is 19.4. The molecular formula is C14H20F3N3O. The van der Waals surface area contributed by atoms with Crippen LogP contribution in [0.4, 0.5) is 18.9 Å². The summed E-state index contributed by atoms with van der Waals surface area (Å²) < 4.78 is 36.5. The SMILES string of the molecule is CC(CNCc1cccc(NC(=O)C(F)(F)F)c1)N(C)C. The Morgan fingerprint density at radius 1 is 1.33 bits per heavy atom. The third kappa shape index (κ3) is 6.14. The van der Waals surface area contributed by atoms with Crippen LogP contribution in [0.1, 0.15) is 12.5 Å². The Balaban J connectivity index is 2.55. The number of carbonyl (C=O) groups excluding carboxylic acids is 1. The van der Waals surface area contributed by atoms with Crippen LogP contribution in [-0.2, 0) is 11.3 Å². The monoisotopic (exact) mass is 303 g/mol. The lowest BCUT2D eigenvalue weighted by molar-refractivity contribution is -0.167. The van der Waals surface area contributed by atoms with Crippen molar-refractivity contribution in [3.63, 3.8) is 0 Å². The van der Waals surface area contributed by atoms with Crippen LogP contribution in [0.15, 0.2) is 24.3 Å². The third-order valence-corrected chi connectivity index (χ3v) is 3.09. The van der Waals surface area contributed by atoms with Crippen molar-refractivity contribution in [3.8, 4) is 0 Å². The molecule has 0 bridgehead atoms. The standard InChI is InChI=1S/C14H20F3N3O/c1-10(20(2)3)8-18-9-11-5-4-6-12(7-11)19-13(21)14(15,16)17/h4-7,10,18H,8-9H2,1-3H3,(H,19,21). The Bertz CT molecular complexity index is 475. The highest BCUT2D eigenvalue weighted by Crippen LogP contribution is 2.18. The largest absolute Gasteiger partial charge is 0.471 e. The van der Waals surface area contributed by atoms with Crippen LogP contribution in [0.25, 0.3) is 0 Å². The Kier molecular flexibility index (Phi) is 6.17. The second-order valence-corrected chi connectivity index (χ2v) is 5.10. The lowest BCUT2D eigenvalue weighted by atomic mass is 10.2. The third-order valence-electron chi connectivity index (χ3n) is 3.09. The quantitative estimate of drug-likeness (QED) is 0.847. The average molecular weight is 303 g/mol. The van der Waals surface area contributed by atoms with E-state index in [0.29, 0.717) is 12.6 Å². The first-order valence-electron chi connectivity index (χ1n) is 6.54. The molecule has 118 valence electrons. The number of likely N-dealkylation sites (N-methyl/N-ethyl adjacent to an activating group) is 1. The first kappa shape index (κ1) is 17.5. The molecule has 1 aromatic carbocycles. The molecule has 0 aliphatic rings. The van der Waals surface area contributed by atoms with Crippen LogP contribution < -0.4 is 10.6 Å². The van der Waals surface area contributed by atoms with Crippen LogP contribution >= 0.6 is 0 Å². The van der Waals surface area contributed by atoms with E-state index >= 15 is 0 Å². The van der Waals surface area contributed by atoms with Gasteiger partial charge in [-0.2, -0.15) is 13.2 Å². The summed E-state index contributed by atoms with van der Waals surface area (Å²) in [6, 6.07) is 6.69.